The lowest BCUT2D eigenvalue weighted by molar-refractivity contribution is 0.112. The van der Waals surface area contributed by atoms with E-state index in [1.54, 1.807) is 12.3 Å². The highest BCUT2D eigenvalue weighted by atomic mass is 16.1. The lowest BCUT2D eigenvalue weighted by Gasteiger charge is -2.07. The van der Waals surface area contributed by atoms with Crippen LogP contribution in [0.25, 0.3) is 27.8 Å². The lowest BCUT2D eigenvalue weighted by Crippen LogP contribution is -1.95. The van der Waals surface area contributed by atoms with E-state index >= 15 is 0 Å². The summed E-state index contributed by atoms with van der Waals surface area (Å²) in [4.78, 5) is 19.8. The molecule has 0 N–H and O–H groups in total. The summed E-state index contributed by atoms with van der Waals surface area (Å²) in [7, 11) is 0. The lowest BCUT2D eigenvalue weighted by atomic mass is 10.0. The maximum absolute atomic E-state index is 11.2. The van der Waals surface area contributed by atoms with Crippen LogP contribution in [-0.2, 0) is 0 Å². The Labute approximate surface area is 104 Å². The quantitative estimate of drug-likeness (QED) is 0.505. The molecule has 0 atom stereocenters. The fraction of sp³-hybridized carbons (Fsp3) is 0. The summed E-state index contributed by atoms with van der Waals surface area (Å²) in [6.07, 6.45) is 4.13. The molecule has 3 aromatic rings. The summed E-state index contributed by atoms with van der Waals surface area (Å²) < 4.78 is 0. The van der Waals surface area contributed by atoms with Crippen molar-refractivity contribution >= 4 is 34.0 Å². The standard InChI is InChI=1S/C15H10N2O/c1-2-12-15-11(7-8-16-12)10-5-3-4-6-13(10)17-14(15)9-18/h2-9H,1H2. The summed E-state index contributed by atoms with van der Waals surface area (Å²) >= 11 is 0. The van der Waals surface area contributed by atoms with Crippen LogP contribution in [0.2, 0.25) is 0 Å². The molecule has 0 aliphatic heterocycles. The number of aldehydes is 1. The van der Waals surface area contributed by atoms with Gasteiger partial charge in [-0.1, -0.05) is 24.8 Å². The van der Waals surface area contributed by atoms with Crippen LogP contribution in [0.3, 0.4) is 0 Å². The van der Waals surface area contributed by atoms with Gasteiger partial charge in [0, 0.05) is 17.0 Å². The molecule has 18 heavy (non-hydrogen) atoms. The van der Waals surface area contributed by atoms with E-state index in [0.717, 1.165) is 28.0 Å². The first kappa shape index (κ1) is 10.6. The van der Waals surface area contributed by atoms with Crippen molar-refractivity contribution in [1.82, 2.24) is 9.97 Å². The molecule has 0 aliphatic rings. The molecule has 0 amide bonds. The summed E-state index contributed by atoms with van der Waals surface area (Å²) in [5.74, 6) is 0. The molecule has 0 spiro atoms. The Kier molecular flexibility index (Phi) is 2.38. The van der Waals surface area contributed by atoms with Gasteiger partial charge < -0.3 is 0 Å². The van der Waals surface area contributed by atoms with E-state index in [9.17, 15) is 4.79 Å². The molecule has 0 radical (unpaired) electrons. The van der Waals surface area contributed by atoms with Gasteiger partial charge in [-0.3, -0.25) is 9.78 Å². The van der Waals surface area contributed by atoms with E-state index in [0.29, 0.717) is 11.4 Å². The highest BCUT2D eigenvalue weighted by Crippen LogP contribution is 2.27. The van der Waals surface area contributed by atoms with E-state index in [1.165, 1.54) is 0 Å². The van der Waals surface area contributed by atoms with Crippen molar-refractivity contribution in [3.63, 3.8) is 0 Å². The summed E-state index contributed by atoms with van der Waals surface area (Å²) in [6.45, 7) is 3.73. The fourth-order valence-electron chi connectivity index (χ4n) is 2.20. The van der Waals surface area contributed by atoms with E-state index in [-0.39, 0.29) is 0 Å². The minimum atomic E-state index is 0.409. The van der Waals surface area contributed by atoms with Gasteiger partial charge in [0.2, 0.25) is 0 Å². The average molecular weight is 234 g/mol. The zero-order valence-corrected chi connectivity index (χ0v) is 9.63. The second-order valence-corrected chi connectivity index (χ2v) is 3.95. The van der Waals surface area contributed by atoms with Crippen molar-refractivity contribution < 1.29 is 4.79 Å². The van der Waals surface area contributed by atoms with Gasteiger partial charge in [-0.05, 0) is 23.6 Å². The van der Waals surface area contributed by atoms with Gasteiger partial charge in [0.25, 0.3) is 0 Å². The normalized spacial score (nSPS) is 10.7. The minimum absolute atomic E-state index is 0.409. The summed E-state index contributed by atoms with van der Waals surface area (Å²) in [5, 5.41) is 2.76. The fourth-order valence-corrected chi connectivity index (χ4v) is 2.20. The highest BCUT2D eigenvalue weighted by Gasteiger charge is 2.10. The molecule has 0 saturated heterocycles. The van der Waals surface area contributed by atoms with Crippen LogP contribution >= 0.6 is 0 Å². The summed E-state index contributed by atoms with van der Waals surface area (Å²) in [5.41, 5.74) is 1.91. The number of nitrogens with zero attached hydrogens (tertiary/aromatic N) is 2. The van der Waals surface area contributed by atoms with Crippen molar-refractivity contribution in [3.8, 4) is 0 Å². The molecular formula is C15H10N2O. The van der Waals surface area contributed by atoms with Crippen LogP contribution in [0.4, 0.5) is 0 Å². The number of pyridine rings is 2. The van der Waals surface area contributed by atoms with Gasteiger partial charge in [0.05, 0.1) is 11.2 Å². The second kappa shape index (κ2) is 4.04. The first-order valence-electron chi connectivity index (χ1n) is 5.60. The molecule has 0 unspecified atom stereocenters. The molecular weight excluding hydrogens is 224 g/mol. The number of rotatable bonds is 2. The number of para-hydroxylation sites is 1. The molecule has 0 saturated carbocycles. The third-order valence-corrected chi connectivity index (χ3v) is 2.98. The molecule has 2 heterocycles. The van der Waals surface area contributed by atoms with Gasteiger partial charge in [-0.2, -0.15) is 0 Å². The molecule has 1 aromatic carbocycles. The van der Waals surface area contributed by atoms with E-state index < -0.39 is 0 Å². The zero-order chi connectivity index (χ0) is 12.5. The van der Waals surface area contributed by atoms with Crippen molar-refractivity contribution in [2.24, 2.45) is 0 Å². The monoisotopic (exact) mass is 234 g/mol. The Hall–Kier alpha value is -2.55. The molecule has 0 fully saturated rings. The first-order valence-corrected chi connectivity index (χ1v) is 5.60. The molecule has 3 heteroatoms. The van der Waals surface area contributed by atoms with Crippen LogP contribution in [0.5, 0.6) is 0 Å². The molecule has 3 nitrogen and oxygen atoms in total. The Morgan fingerprint density at radius 3 is 2.67 bits per heavy atom. The van der Waals surface area contributed by atoms with E-state index in [1.807, 2.05) is 30.3 Å². The smallest absolute Gasteiger partial charge is 0.169 e. The van der Waals surface area contributed by atoms with Crippen molar-refractivity contribution in [3.05, 3.63) is 54.5 Å². The maximum Gasteiger partial charge on any atom is 0.169 e. The van der Waals surface area contributed by atoms with Crippen molar-refractivity contribution in [2.45, 2.75) is 0 Å². The van der Waals surface area contributed by atoms with E-state index in [2.05, 4.69) is 16.5 Å². The van der Waals surface area contributed by atoms with Gasteiger partial charge in [0.1, 0.15) is 5.69 Å². The number of hydrogen-bond donors (Lipinski definition) is 0. The molecule has 86 valence electrons. The largest absolute Gasteiger partial charge is 0.296 e. The second-order valence-electron chi connectivity index (χ2n) is 3.95. The zero-order valence-electron chi connectivity index (χ0n) is 9.63. The highest BCUT2D eigenvalue weighted by molar-refractivity contribution is 6.12. The Balaban J connectivity index is 2.64. The minimum Gasteiger partial charge on any atom is -0.296 e. The van der Waals surface area contributed by atoms with Crippen molar-refractivity contribution in [2.75, 3.05) is 0 Å². The third-order valence-electron chi connectivity index (χ3n) is 2.98. The van der Waals surface area contributed by atoms with E-state index in [4.69, 9.17) is 0 Å². The van der Waals surface area contributed by atoms with Crippen LogP contribution < -0.4 is 0 Å². The maximum atomic E-state index is 11.2. The van der Waals surface area contributed by atoms with Crippen LogP contribution in [-0.4, -0.2) is 16.3 Å². The first-order chi connectivity index (χ1) is 8.85. The Morgan fingerprint density at radius 2 is 1.89 bits per heavy atom. The Bertz CT molecular complexity index is 778. The SMILES string of the molecule is C=Cc1nccc2c1c(C=O)nc1ccccc12. The number of hydrogen-bond acceptors (Lipinski definition) is 3. The van der Waals surface area contributed by atoms with Crippen LogP contribution in [0.15, 0.2) is 43.1 Å². The Morgan fingerprint density at radius 1 is 1.06 bits per heavy atom. The van der Waals surface area contributed by atoms with Gasteiger partial charge >= 0.3 is 0 Å². The van der Waals surface area contributed by atoms with Crippen LogP contribution in [0.1, 0.15) is 16.2 Å². The number of fused-ring (bicyclic) bond motifs is 3. The van der Waals surface area contributed by atoms with Gasteiger partial charge in [0.15, 0.2) is 6.29 Å². The van der Waals surface area contributed by atoms with Gasteiger partial charge in [-0.25, -0.2) is 4.98 Å². The number of carbonyl (C=O) groups is 1. The molecule has 0 aliphatic carbocycles. The predicted molar refractivity (Wildman–Crippen MR) is 72.5 cm³/mol. The molecule has 0 bridgehead atoms. The number of benzene rings is 1. The van der Waals surface area contributed by atoms with Gasteiger partial charge in [-0.15, -0.1) is 0 Å². The van der Waals surface area contributed by atoms with Crippen LogP contribution in [0, 0.1) is 0 Å². The number of aromatic nitrogens is 2. The molecule has 2 aromatic heterocycles. The topological polar surface area (TPSA) is 42.9 Å². The average Bonchev–Trinajstić information content (AvgIpc) is 2.45. The number of carbonyl (C=O) groups excluding carboxylic acids is 1. The predicted octanol–water partition coefficient (Wildman–Crippen LogP) is 3.24. The molecule has 3 rings (SSSR count). The van der Waals surface area contributed by atoms with Crippen molar-refractivity contribution in [1.29, 1.82) is 0 Å². The third kappa shape index (κ3) is 1.41. The summed E-state index contributed by atoms with van der Waals surface area (Å²) in [6, 6.07) is 9.66.